The molecule has 33 heavy (non-hydrogen) atoms. The van der Waals surface area contributed by atoms with E-state index in [9.17, 15) is 23.2 Å². The van der Waals surface area contributed by atoms with E-state index >= 15 is 0 Å². The fourth-order valence-electron chi connectivity index (χ4n) is 2.78. The van der Waals surface area contributed by atoms with E-state index in [1.54, 1.807) is 24.3 Å². The van der Waals surface area contributed by atoms with Crippen molar-refractivity contribution in [1.29, 1.82) is 0 Å². The van der Waals surface area contributed by atoms with Crippen LogP contribution in [0, 0.1) is 11.6 Å². The highest BCUT2D eigenvalue weighted by Crippen LogP contribution is 2.34. The number of carbonyl (C=O) groups is 3. The topological polar surface area (TPSA) is 79.6 Å². The summed E-state index contributed by atoms with van der Waals surface area (Å²) in [6.07, 6.45) is 1.41. The number of furan rings is 1. The van der Waals surface area contributed by atoms with Gasteiger partial charge in [0.2, 0.25) is 5.91 Å². The van der Waals surface area contributed by atoms with Crippen LogP contribution in [0.4, 0.5) is 19.3 Å². The number of nitrogens with zero attached hydrogens (tertiary/aromatic N) is 1. The molecule has 6 nitrogen and oxygen atoms in total. The molecule has 0 bridgehead atoms. The molecule has 2 aromatic carbocycles. The van der Waals surface area contributed by atoms with Gasteiger partial charge in [0, 0.05) is 22.1 Å². The first-order valence-corrected chi connectivity index (χ1v) is 11.3. The van der Waals surface area contributed by atoms with Crippen molar-refractivity contribution in [2.75, 3.05) is 11.9 Å². The van der Waals surface area contributed by atoms with Crippen LogP contribution in [0.3, 0.4) is 0 Å². The predicted octanol–water partition coefficient (Wildman–Crippen LogP) is 6.04. The van der Waals surface area contributed by atoms with E-state index in [0.29, 0.717) is 33.7 Å². The van der Waals surface area contributed by atoms with Crippen LogP contribution in [0.25, 0.3) is 6.08 Å². The lowest BCUT2D eigenvalue weighted by Crippen LogP contribution is -2.36. The molecule has 0 aliphatic carbocycles. The largest absolute Gasteiger partial charge is 0.450 e. The minimum absolute atomic E-state index is 0.0816. The van der Waals surface area contributed by atoms with Crippen molar-refractivity contribution in [3.63, 3.8) is 0 Å². The van der Waals surface area contributed by atoms with E-state index < -0.39 is 35.2 Å². The standard InChI is InChI=1S/C22H13ClF2N2O4S2/c23-12-1-5-15(6-2-12)32-20-8-4-14(31-20)10-18-21(29)27(22(30)33-18)11-19(28)26-17-7-3-13(24)9-16(17)25/h1-10H,11H2,(H,26,28)/b18-10-. The van der Waals surface area contributed by atoms with Crippen molar-refractivity contribution < 1.29 is 27.6 Å². The first-order valence-electron chi connectivity index (χ1n) is 9.32. The van der Waals surface area contributed by atoms with Gasteiger partial charge >= 0.3 is 0 Å². The molecule has 0 spiro atoms. The Labute approximate surface area is 200 Å². The minimum Gasteiger partial charge on any atom is -0.450 e. The second kappa shape index (κ2) is 9.82. The van der Waals surface area contributed by atoms with Gasteiger partial charge in [-0.2, -0.15) is 0 Å². The third-order valence-corrected chi connectivity index (χ3v) is 6.38. The number of nitrogens with one attached hydrogen (secondary N) is 1. The molecule has 0 radical (unpaired) electrons. The molecule has 11 heteroatoms. The van der Waals surface area contributed by atoms with Crippen molar-refractivity contribution in [3.8, 4) is 0 Å². The zero-order valence-electron chi connectivity index (χ0n) is 16.5. The lowest BCUT2D eigenvalue weighted by Gasteiger charge is -2.12. The number of halogens is 3. The van der Waals surface area contributed by atoms with Crippen LogP contribution in [-0.2, 0) is 9.59 Å². The van der Waals surface area contributed by atoms with Gasteiger partial charge in [0.25, 0.3) is 11.1 Å². The highest BCUT2D eigenvalue weighted by molar-refractivity contribution is 8.18. The number of thioether (sulfide) groups is 1. The quantitative estimate of drug-likeness (QED) is 0.411. The van der Waals surface area contributed by atoms with E-state index in [4.69, 9.17) is 16.0 Å². The predicted molar refractivity (Wildman–Crippen MR) is 122 cm³/mol. The van der Waals surface area contributed by atoms with Gasteiger partial charge in [-0.25, -0.2) is 8.78 Å². The van der Waals surface area contributed by atoms with Gasteiger partial charge in [-0.3, -0.25) is 19.3 Å². The molecule has 1 fully saturated rings. The highest BCUT2D eigenvalue weighted by Gasteiger charge is 2.36. The molecule has 4 rings (SSSR count). The summed E-state index contributed by atoms with van der Waals surface area (Å²) in [6, 6.07) is 13.2. The third kappa shape index (κ3) is 5.65. The number of anilines is 1. The number of hydrogen-bond donors (Lipinski definition) is 1. The van der Waals surface area contributed by atoms with Gasteiger partial charge in [0.15, 0.2) is 5.09 Å². The summed E-state index contributed by atoms with van der Waals surface area (Å²) in [4.78, 5) is 38.7. The molecule has 1 aliphatic heterocycles. The van der Waals surface area contributed by atoms with Gasteiger partial charge < -0.3 is 9.73 Å². The average Bonchev–Trinajstić information content (AvgIpc) is 3.31. The molecule has 0 unspecified atom stereocenters. The Hall–Kier alpha value is -3.08. The lowest BCUT2D eigenvalue weighted by atomic mass is 10.3. The summed E-state index contributed by atoms with van der Waals surface area (Å²) in [7, 11) is 0. The SMILES string of the molecule is O=C(CN1C(=O)S/C(=C\c2ccc(Sc3ccc(Cl)cc3)o2)C1=O)Nc1ccc(F)cc1F. The van der Waals surface area contributed by atoms with Gasteiger partial charge in [-0.1, -0.05) is 23.4 Å². The van der Waals surface area contributed by atoms with Crippen LogP contribution in [-0.4, -0.2) is 28.5 Å². The molecule has 1 saturated heterocycles. The number of carbonyl (C=O) groups excluding carboxylic acids is 3. The summed E-state index contributed by atoms with van der Waals surface area (Å²) in [5.41, 5.74) is -0.259. The monoisotopic (exact) mass is 506 g/mol. The third-order valence-electron chi connectivity index (χ3n) is 4.29. The smallest absolute Gasteiger partial charge is 0.294 e. The molecule has 1 aromatic heterocycles. The van der Waals surface area contributed by atoms with Crippen LogP contribution in [0.2, 0.25) is 5.02 Å². The number of hydrogen-bond acceptors (Lipinski definition) is 6. The number of amides is 3. The fourth-order valence-corrected chi connectivity index (χ4v) is 4.50. The first kappa shape index (κ1) is 23.1. The Kier molecular flexibility index (Phi) is 6.87. The molecule has 168 valence electrons. The van der Waals surface area contributed by atoms with Crippen LogP contribution in [0.5, 0.6) is 0 Å². The van der Waals surface area contributed by atoms with Gasteiger partial charge in [-0.05, 0) is 60.3 Å². The second-order valence-corrected chi connectivity index (χ2v) is 9.16. The van der Waals surface area contributed by atoms with E-state index in [0.717, 1.165) is 21.9 Å². The normalized spacial score (nSPS) is 14.9. The molecule has 3 amide bonds. The summed E-state index contributed by atoms with van der Waals surface area (Å²) in [6.45, 7) is -0.616. The molecule has 2 heterocycles. The maximum absolute atomic E-state index is 13.7. The van der Waals surface area contributed by atoms with Crippen LogP contribution < -0.4 is 5.32 Å². The van der Waals surface area contributed by atoms with E-state index in [2.05, 4.69) is 5.32 Å². The molecule has 0 saturated carbocycles. The van der Waals surface area contributed by atoms with Crippen molar-refractivity contribution >= 4 is 63.9 Å². The van der Waals surface area contributed by atoms with Gasteiger partial charge in [0.1, 0.15) is 23.9 Å². The minimum atomic E-state index is -0.970. The summed E-state index contributed by atoms with van der Waals surface area (Å²) < 4.78 is 32.4. The zero-order valence-corrected chi connectivity index (χ0v) is 18.9. The molecular weight excluding hydrogens is 494 g/mol. The van der Waals surface area contributed by atoms with E-state index in [-0.39, 0.29) is 10.6 Å². The van der Waals surface area contributed by atoms with Crippen molar-refractivity contribution in [2.45, 2.75) is 9.99 Å². The maximum atomic E-state index is 13.7. The maximum Gasteiger partial charge on any atom is 0.294 e. The van der Waals surface area contributed by atoms with Gasteiger partial charge in [-0.15, -0.1) is 0 Å². The number of benzene rings is 2. The summed E-state index contributed by atoms with van der Waals surface area (Å²) >= 11 is 7.89. The number of rotatable bonds is 6. The van der Waals surface area contributed by atoms with Crippen LogP contribution >= 0.6 is 35.1 Å². The first-order chi connectivity index (χ1) is 15.8. The summed E-state index contributed by atoms with van der Waals surface area (Å²) in [5.74, 6) is -2.89. The van der Waals surface area contributed by atoms with Crippen molar-refractivity contribution in [3.05, 3.63) is 81.9 Å². The van der Waals surface area contributed by atoms with E-state index in [1.165, 1.54) is 17.8 Å². The lowest BCUT2D eigenvalue weighted by molar-refractivity contribution is -0.127. The Morgan fingerprint density at radius 1 is 1.12 bits per heavy atom. The van der Waals surface area contributed by atoms with Crippen LogP contribution in [0.1, 0.15) is 5.76 Å². The molecule has 1 aliphatic rings. The Balaban J connectivity index is 1.40. The van der Waals surface area contributed by atoms with Crippen LogP contribution in [0.15, 0.2) is 73.9 Å². The van der Waals surface area contributed by atoms with E-state index in [1.807, 2.05) is 12.1 Å². The van der Waals surface area contributed by atoms with Crippen molar-refractivity contribution in [1.82, 2.24) is 4.90 Å². The molecular formula is C22H13ClF2N2O4S2. The Morgan fingerprint density at radius 3 is 2.61 bits per heavy atom. The summed E-state index contributed by atoms with van der Waals surface area (Å²) in [5, 5.41) is 2.76. The number of imide groups is 1. The van der Waals surface area contributed by atoms with Gasteiger partial charge in [0.05, 0.1) is 10.6 Å². The molecule has 0 atom stereocenters. The Bertz CT molecular complexity index is 1280. The molecule has 3 aromatic rings. The second-order valence-electron chi connectivity index (χ2n) is 6.65. The average molecular weight is 507 g/mol. The zero-order chi connectivity index (χ0) is 23.5. The highest BCUT2D eigenvalue weighted by atomic mass is 35.5. The molecule has 1 N–H and O–H groups in total. The van der Waals surface area contributed by atoms with Crippen molar-refractivity contribution in [2.24, 2.45) is 0 Å². The fraction of sp³-hybridized carbons (Fsp3) is 0.0455. The Morgan fingerprint density at radius 2 is 1.88 bits per heavy atom.